The molecule has 0 spiro atoms. The van der Waals surface area contributed by atoms with Crippen LogP contribution in [0.1, 0.15) is 0 Å². The number of aromatic amines is 1. The third kappa shape index (κ3) is 3.00. The van der Waals surface area contributed by atoms with E-state index in [1.54, 1.807) is 24.3 Å². The monoisotopic (exact) mass is 423 g/mol. The molecular formula is C22H21N3O4S. The highest BCUT2D eigenvalue weighted by Crippen LogP contribution is 2.42. The van der Waals surface area contributed by atoms with Gasteiger partial charge in [0.2, 0.25) is 9.84 Å². The SMILES string of the molecule is CN(C)C[C@H]1COc2ccc3n[nH]c(S(=O)(=O)c4cccc5ccccc45)c3c2O1. The van der Waals surface area contributed by atoms with Crippen LogP contribution >= 0.6 is 0 Å². The highest BCUT2D eigenvalue weighted by Gasteiger charge is 2.31. The van der Waals surface area contributed by atoms with Gasteiger partial charge in [-0.15, -0.1) is 0 Å². The third-order valence-corrected chi connectivity index (χ3v) is 6.96. The van der Waals surface area contributed by atoms with Crippen LogP contribution < -0.4 is 9.47 Å². The van der Waals surface area contributed by atoms with E-state index in [1.165, 1.54) is 0 Å². The molecule has 2 heterocycles. The van der Waals surface area contributed by atoms with Crippen molar-refractivity contribution >= 4 is 31.5 Å². The number of nitrogens with zero attached hydrogens (tertiary/aromatic N) is 2. The third-order valence-electron chi connectivity index (χ3n) is 5.19. The predicted molar refractivity (Wildman–Crippen MR) is 114 cm³/mol. The molecule has 1 aliphatic heterocycles. The summed E-state index contributed by atoms with van der Waals surface area (Å²) in [6.45, 7) is 1.05. The zero-order chi connectivity index (χ0) is 20.9. The largest absolute Gasteiger partial charge is 0.486 e. The van der Waals surface area contributed by atoms with Crippen molar-refractivity contribution in [1.29, 1.82) is 0 Å². The van der Waals surface area contributed by atoms with E-state index in [1.807, 2.05) is 49.3 Å². The fraction of sp³-hybridized carbons (Fsp3) is 0.227. The van der Waals surface area contributed by atoms with Crippen molar-refractivity contribution in [1.82, 2.24) is 15.1 Å². The molecule has 4 aromatic rings. The number of benzene rings is 3. The Labute approximate surface area is 174 Å². The normalized spacial score (nSPS) is 16.4. The van der Waals surface area contributed by atoms with Crippen LogP contribution in [0.15, 0.2) is 64.5 Å². The number of aromatic nitrogens is 2. The standard InChI is InChI=1S/C22H21N3O4S/c1-25(2)12-15-13-28-18-11-10-17-20(21(18)29-15)22(24-23-17)30(26,27)19-9-5-7-14-6-3-4-8-16(14)19/h3-11,15H,12-13H2,1-2H3,(H,23,24)/t15-/m0/s1. The molecule has 0 bridgehead atoms. The Hall–Kier alpha value is -3.10. The summed E-state index contributed by atoms with van der Waals surface area (Å²) in [5, 5.41) is 8.93. The van der Waals surface area contributed by atoms with E-state index in [9.17, 15) is 8.42 Å². The number of nitrogens with one attached hydrogen (secondary N) is 1. The van der Waals surface area contributed by atoms with Crippen LogP contribution in [0.5, 0.6) is 11.5 Å². The molecule has 0 fully saturated rings. The van der Waals surface area contributed by atoms with Crippen LogP contribution in [-0.2, 0) is 9.84 Å². The lowest BCUT2D eigenvalue weighted by molar-refractivity contribution is 0.0727. The Morgan fingerprint density at radius 1 is 1.10 bits per heavy atom. The van der Waals surface area contributed by atoms with Crippen LogP contribution in [0.3, 0.4) is 0 Å². The van der Waals surface area contributed by atoms with Gasteiger partial charge in [0.25, 0.3) is 0 Å². The van der Waals surface area contributed by atoms with Crippen LogP contribution in [0, 0.1) is 0 Å². The summed E-state index contributed by atoms with van der Waals surface area (Å²) in [7, 11) is 0.0173. The molecular weight excluding hydrogens is 402 g/mol. The minimum Gasteiger partial charge on any atom is -0.486 e. The summed E-state index contributed by atoms with van der Waals surface area (Å²) >= 11 is 0. The summed E-state index contributed by atoms with van der Waals surface area (Å²) in [6.07, 6.45) is -0.207. The number of likely N-dealkylation sites (N-methyl/N-ethyl adjacent to an activating group) is 1. The number of sulfone groups is 1. The lowest BCUT2D eigenvalue weighted by atomic mass is 10.1. The van der Waals surface area contributed by atoms with Crippen molar-refractivity contribution < 1.29 is 17.9 Å². The van der Waals surface area contributed by atoms with Crippen molar-refractivity contribution in [3.8, 4) is 11.5 Å². The number of hydrogen-bond donors (Lipinski definition) is 1. The number of H-pyrrole nitrogens is 1. The zero-order valence-corrected chi connectivity index (χ0v) is 17.4. The highest BCUT2D eigenvalue weighted by molar-refractivity contribution is 7.91. The molecule has 0 amide bonds. The number of hydrogen-bond acceptors (Lipinski definition) is 6. The van der Waals surface area contributed by atoms with E-state index in [4.69, 9.17) is 9.47 Å². The second kappa shape index (κ2) is 7.00. The molecule has 0 saturated carbocycles. The lowest BCUT2D eigenvalue weighted by Crippen LogP contribution is -2.38. The Morgan fingerprint density at radius 2 is 1.90 bits per heavy atom. The van der Waals surface area contributed by atoms with Gasteiger partial charge in [0.15, 0.2) is 16.5 Å². The molecule has 1 N–H and O–H groups in total. The average Bonchev–Trinajstić information content (AvgIpc) is 3.18. The van der Waals surface area contributed by atoms with E-state index in [0.29, 0.717) is 40.9 Å². The first kappa shape index (κ1) is 18.9. The Bertz CT molecular complexity index is 1360. The first-order chi connectivity index (χ1) is 14.4. The summed E-state index contributed by atoms with van der Waals surface area (Å²) in [6, 6.07) is 16.2. The van der Waals surface area contributed by atoms with Gasteiger partial charge in [0.1, 0.15) is 12.7 Å². The smallest absolute Gasteiger partial charge is 0.224 e. The summed E-state index contributed by atoms with van der Waals surface area (Å²) in [5.41, 5.74) is 0.515. The maximum absolute atomic E-state index is 13.7. The van der Waals surface area contributed by atoms with E-state index >= 15 is 0 Å². The quantitative estimate of drug-likeness (QED) is 0.542. The molecule has 1 aromatic heterocycles. The molecule has 0 radical (unpaired) electrons. The van der Waals surface area contributed by atoms with Crippen LogP contribution in [-0.4, -0.2) is 56.9 Å². The van der Waals surface area contributed by atoms with Crippen molar-refractivity contribution in [3.63, 3.8) is 0 Å². The van der Waals surface area contributed by atoms with Crippen molar-refractivity contribution in [2.24, 2.45) is 0 Å². The second-order valence-corrected chi connectivity index (χ2v) is 9.49. The van der Waals surface area contributed by atoms with Gasteiger partial charge >= 0.3 is 0 Å². The van der Waals surface area contributed by atoms with Gasteiger partial charge in [-0.05, 0) is 37.7 Å². The van der Waals surface area contributed by atoms with Crippen LogP contribution in [0.25, 0.3) is 21.7 Å². The van der Waals surface area contributed by atoms with Gasteiger partial charge in [-0.25, -0.2) is 8.42 Å². The first-order valence-electron chi connectivity index (χ1n) is 9.63. The van der Waals surface area contributed by atoms with E-state index in [0.717, 1.165) is 5.39 Å². The summed E-state index contributed by atoms with van der Waals surface area (Å²) < 4.78 is 39.4. The average molecular weight is 423 g/mol. The highest BCUT2D eigenvalue weighted by atomic mass is 32.2. The van der Waals surface area contributed by atoms with Gasteiger partial charge in [-0.1, -0.05) is 36.4 Å². The van der Waals surface area contributed by atoms with Crippen molar-refractivity contribution in [2.75, 3.05) is 27.2 Å². The molecule has 0 saturated heterocycles. The van der Waals surface area contributed by atoms with Crippen LogP contribution in [0.4, 0.5) is 0 Å². The first-order valence-corrected chi connectivity index (χ1v) is 11.1. The number of ether oxygens (including phenoxy) is 2. The van der Waals surface area contributed by atoms with Gasteiger partial charge in [-0.3, -0.25) is 5.10 Å². The fourth-order valence-corrected chi connectivity index (χ4v) is 5.46. The molecule has 5 rings (SSSR count). The molecule has 8 heteroatoms. The van der Waals surface area contributed by atoms with Gasteiger partial charge < -0.3 is 14.4 Å². The molecule has 3 aromatic carbocycles. The molecule has 154 valence electrons. The Morgan fingerprint density at radius 3 is 2.73 bits per heavy atom. The zero-order valence-electron chi connectivity index (χ0n) is 16.6. The summed E-state index contributed by atoms with van der Waals surface area (Å²) in [5.74, 6) is 0.937. The number of rotatable bonds is 4. The Kier molecular flexibility index (Phi) is 4.41. The Balaban J connectivity index is 1.70. The van der Waals surface area contributed by atoms with E-state index < -0.39 is 9.84 Å². The summed E-state index contributed by atoms with van der Waals surface area (Å²) in [4.78, 5) is 2.23. The number of fused-ring (bicyclic) bond motifs is 4. The molecule has 1 atom stereocenters. The lowest BCUT2D eigenvalue weighted by Gasteiger charge is -2.28. The van der Waals surface area contributed by atoms with Crippen molar-refractivity contribution in [3.05, 3.63) is 54.6 Å². The van der Waals surface area contributed by atoms with Gasteiger partial charge in [-0.2, -0.15) is 5.10 Å². The molecule has 0 unspecified atom stereocenters. The molecule has 7 nitrogen and oxygen atoms in total. The van der Waals surface area contributed by atoms with E-state index in [-0.39, 0.29) is 16.0 Å². The second-order valence-electron chi connectivity index (χ2n) is 7.63. The van der Waals surface area contributed by atoms with E-state index in [2.05, 4.69) is 10.2 Å². The van der Waals surface area contributed by atoms with Crippen LogP contribution in [0.2, 0.25) is 0 Å². The van der Waals surface area contributed by atoms with Gasteiger partial charge in [0, 0.05) is 11.9 Å². The van der Waals surface area contributed by atoms with Crippen molar-refractivity contribution in [2.45, 2.75) is 16.0 Å². The predicted octanol–water partition coefficient (Wildman–Crippen LogP) is 3.25. The molecule has 0 aliphatic carbocycles. The molecule has 1 aliphatic rings. The molecule has 30 heavy (non-hydrogen) atoms. The minimum absolute atomic E-state index is 0.0137. The fourth-order valence-electron chi connectivity index (χ4n) is 3.88. The maximum atomic E-state index is 13.7. The minimum atomic E-state index is -3.89. The van der Waals surface area contributed by atoms with Gasteiger partial charge in [0.05, 0.1) is 15.8 Å². The maximum Gasteiger partial charge on any atom is 0.224 e. The topological polar surface area (TPSA) is 84.5 Å².